The summed E-state index contributed by atoms with van der Waals surface area (Å²) in [6.07, 6.45) is 1.56. The molecule has 0 bridgehead atoms. The SMILES string of the molecule is O=C(COc1ccc2ccccc2c1)N/N=C\c1ccccc1OCc1ccccc1. The molecule has 0 aliphatic rings. The van der Waals surface area contributed by atoms with E-state index in [1.54, 1.807) is 6.21 Å². The molecule has 0 saturated heterocycles. The molecule has 0 atom stereocenters. The number of nitrogens with zero attached hydrogens (tertiary/aromatic N) is 1. The van der Waals surface area contributed by atoms with Gasteiger partial charge in [0.1, 0.15) is 18.1 Å². The molecule has 154 valence electrons. The lowest BCUT2D eigenvalue weighted by atomic mass is 10.1. The van der Waals surface area contributed by atoms with Gasteiger partial charge in [-0.05, 0) is 40.6 Å². The molecule has 5 nitrogen and oxygen atoms in total. The number of rotatable bonds is 8. The minimum absolute atomic E-state index is 0.123. The van der Waals surface area contributed by atoms with Crippen LogP contribution in [0.3, 0.4) is 0 Å². The van der Waals surface area contributed by atoms with Crippen LogP contribution in [0.15, 0.2) is 102 Å². The molecule has 0 aliphatic carbocycles. The van der Waals surface area contributed by atoms with Crippen LogP contribution in [0.2, 0.25) is 0 Å². The molecule has 1 amide bonds. The first-order valence-electron chi connectivity index (χ1n) is 9.97. The van der Waals surface area contributed by atoms with Crippen LogP contribution >= 0.6 is 0 Å². The third kappa shape index (κ3) is 5.70. The maximum atomic E-state index is 12.1. The Bertz CT molecular complexity index is 1190. The lowest BCUT2D eigenvalue weighted by Crippen LogP contribution is -2.24. The van der Waals surface area contributed by atoms with Crippen LogP contribution in [0.1, 0.15) is 11.1 Å². The van der Waals surface area contributed by atoms with Gasteiger partial charge >= 0.3 is 0 Å². The summed E-state index contributed by atoms with van der Waals surface area (Å²) in [5.41, 5.74) is 4.34. The number of ether oxygens (including phenoxy) is 2. The van der Waals surface area contributed by atoms with Gasteiger partial charge in [-0.2, -0.15) is 5.10 Å². The van der Waals surface area contributed by atoms with E-state index in [1.165, 1.54) is 0 Å². The number of carbonyl (C=O) groups is 1. The van der Waals surface area contributed by atoms with Gasteiger partial charge in [0.15, 0.2) is 6.61 Å². The summed E-state index contributed by atoms with van der Waals surface area (Å²) >= 11 is 0. The van der Waals surface area contributed by atoms with Crippen molar-refractivity contribution in [2.45, 2.75) is 6.61 Å². The van der Waals surface area contributed by atoms with Crippen molar-refractivity contribution in [1.82, 2.24) is 5.43 Å². The number of hydrogen-bond acceptors (Lipinski definition) is 4. The molecule has 0 fully saturated rings. The predicted octanol–water partition coefficient (Wildman–Crippen LogP) is 4.95. The largest absolute Gasteiger partial charge is 0.488 e. The van der Waals surface area contributed by atoms with Crippen molar-refractivity contribution in [1.29, 1.82) is 0 Å². The van der Waals surface area contributed by atoms with Crippen LogP contribution in [0.4, 0.5) is 0 Å². The normalized spacial score (nSPS) is 10.8. The molecule has 4 rings (SSSR count). The molecule has 4 aromatic carbocycles. The fourth-order valence-electron chi connectivity index (χ4n) is 3.07. The van der Waals surface area contributed by atoms with Gasteiger partial charge in [-0.1, -0.05) is 72.8 Å². The number of nitrogens with one attached hydrogen (secondary N) is 1. The van der Waals surface area contributed by atoms with E-state index < -0.39 is 0 Å². The van der Waals surface area contributed by atoms with Crippen LogP contribution in [-0.2, 0) is 11.4 Å². The maximum absolute atomic E-state index is 12.1. The van der Waals surface area contributed by atoms with E-state index >= 15 is 0 Å². The summed E-state index contributed by atoms with van der Waals surface area (Å²) in [6, 6.07) is 31.2. The number of benzene rings is 4. The number of hydrogen-bond donors (Lipinski definition) is 1. The lowest BCUT2D eigenvalue weighted by molar-refractivity contribution is -0.123. The molecule has 5 heteroatoms. The zero-order valence-corrected chi connectivity index (χ0v) is 16.9. The number of fused-ring (bicyclic) bond motifs is 1. The zero-order chi connectivity index (χ0) is 21.3. The summed E-state index contributed by atoms with van der Waals surface area (Å²) in [7, 11) is 0. The second-order valence-electron chi connectivity index (χ2n) is 6.90. The molecule has 31 heavy (non-hydrogen) atoms. The number of para-hydroxylation sites is 1. The van der Waals surface area contributed by atoms with Gasteiger partial charge in [-0.15, -0.1) is 0 Å². The van der Waals surface area contributed by atoms with Crippen molar-refractivity contribution in [2.24, 2.45) is 5.10 Å². The summed E-state index contributed by atoms with van der Waals surface area (Å²) in [5.74, 6) is 0.987. The standard InChI is InChI=1S/C26H22N2O3/c29-26(19-30-24-15-14-21-10-4-5-11-22(21)16-24)28-27-17-23-12-6-7-13-25(23)31-18-20-8-2-1-3-9-20/h1-17H,18-19H2,(H,28,29)/b27-17-. The molecule has 0 saturated carbocycles. The van der Waals surface area contributed by atoms with Gasteiger partial charge in [-0.3, -0.25) is 4.79 Å². The fraction of sp³-hybridized carbons (Fsp3) is 0.0769. The van der Waals surface area contributed by atoms with Crippen molar-refractivity contribution < 1.29 is 14.3 Å². The Morgan fingerprint density at radius 1 is 0.806 bits per heavy atom. The van der Waals surface area contributed by atoms with Gasteiger partial charge in [-0.25, -0.2) is 5.43 Å². The van der Waals surface area contributed by atoms with E-state index in [4.69, 9.17) is 9.47 Å². The highest BCUT2D eigenvalue weighted by molar-refractivity contribution is 5.86. The van der Waals surface area contributed by atoms with Gasteiger partial charge in [0.25, 0.3) is 5.91 Å². The van der Waals surface area contributed by atoms with Crippen molar-refractivity contribution >= 4 is 22.9 Å². The second kappa shape index (κ2) is 10.1. The Kier molecular flexibility index (Phi) is 6.55. The average molecular weight is 410 g/mol. The molecule has 0 aromatic heterocycles. The quantitative estimate of drug-likeness (QED) is 0.330. The first-order chi connectivity index (χ1) is 15.3. The Morgan fingerprint density at radius 3 is 2.42 bits per heavy atom. The molecule has 0 unspecified atom stereocenters. The van der Waals surface area contributed by atoms with Gasteiger partial charge in [0.05, 0.1) is 6.21 Å². The molecule has 0 radical (unpaired) electrons. The monoisotopic (exact) mass is 410 g/mol. The summed E-state index contributed by atoms with van der Waals surface area (Å²) in [4.78, 5) is 12.1. The van der Waals surface area contributed by atoms with Crippen LogP contribution in [0.25, 0.3) is 10.8 Å². The van der Waals surface area contributed by atoms with E-state index in [0.29, 0.717) is 18.1 Å². The first kappa shape index (κ1) is 20.2. The molecule has 0 aliphatic heterocycles. The fourth-order valence-corrected chi connectivity index (χ4v) is 3.07. The van der Waals surface area contributed by atoms with E-state index in [9.17, 15) is 4.79 Å². The van der Waals surface area contributed by atoms with Gasteiger partial charge in [0, 0.05) is 5.56 Å². The summed E-state index contributed by atoms with van der Waals surface area (Å²) in [6.45, 7) is 0.333. The van der Waals surface area contributed by atoms with Crippen molar-refractivity contribution in [3.8, 4) is 11.5 Å². The molecule has 0 spiro atoms. The Balaban J connectivity index is 1.30. The highest BCUT2D eigenvalue weighted by atomic mass is 16.5. The topological polar surface area (TPSA) is 59.9 Å². The van der Waals surface area contributed by atoms with Gasteiger partial charge < -0.3 is 9.47 Å². The summed E-state index contributed by atoms with van der Waals surface area (Å²) in [5, 5.41) is 6.22. The van der Waals surface area contributed by atoms with Crippen molar-refractivity contribution in [2.75, 3.05) is 6.61 Å². The smallest absolute Gasteiger partial charge is 0.277 e. The minimum atomic E-state index is -0.341. The molecule has 4 aromatic rings. The second-order valence-corrected chi connectivity index (χ2v) is 6.90. The van der Waals surface area contributed by atoms with Crippen LogP contribution in [0, 0.1) is 0 Å². The molecular weight excluding hydrogens is 388 g/mol. The van der Waals surface area contributed by atoms with Crippen molar-refractivity contribution in [3.63, 3.8) is 0 Å². The number of carbonyl (C=O) groups excluding carboxylic acids is 1. The van der Waals surface area contributed by atoms with E-state index in [-0.39, 0.29) is 12.5 Å². The molecule has 0 heterocycles. The van der Waals surface area contributed by atoms with Crippen LogP contribution in [-0.4, -0.2) is 18.7 Å². The highest BCUT2D eigenvalue weighted by Gasteiger charge is 2.04. The number of hydrazone groups is 1. The minimum Gasteiger partial charge on any atom is -0.488 e. The first-order valence-corrected chi connectivity index (χ1v) is 9.97. The van der Waals surface area contributed by atoms with Crippen molar-refractivity contribution in [3.05, 3.63) is 108 Å². The van der Waals surface area contributed by atoms with E-state index in [0.717, 1.165) is 21.9 Å². The zero-order valence-electron chi connectivity index (χ0n) is 16.9. The Morgan fingerprint density at radius 2 is 1.55 bits per heavy atom. The third-order valence-electron chi connectivity index (χ3n) is 4.64. The van der Waals surface area contributed by atoms with Crippen LogP contribution in [0.5, 0.6) is 11.5 Å². The molecule has 1 N–H and O–H groups in total. The maximum Gasteiger partial charge on any atom is 0.277 e. The van der Waals surface area contributed by atoms with Crippen LogP contribution < -0.4 is 14.9 Å². The van der Waals surface area contributed by atoms with E-state index in [1.807, 2.05) is 97.1 Å². The number of amides is 1. The van der Waals surface area contributed by atoms with E-state index in [2.05, 4.69) is 10.5 Å². The predicted molar refractivity (Wildman–Crippen MR) is 122 cm³/mol. The average Bonchev–Trinajstić information content (AvgIpc) is 2.82. The Hall–Kier alpha value is -4.12. The molecular formula is C26H22N2O3. The van der Waals surface area contributed by atoms with Gasteiger partial charge in [0.2, 0.25) is 0 Å². The lowest BCUT2D eigenvalue weighted by Gasteiger charge is -2.09. The highest BCUT2D eigenvalue weighted by Crippen LogP contribution is 2.20. The summed E-state index contributed by atoms with van der Waals surface area (Å²) < 4.78 is 11.5. The Labute approximate surface area is 180 Å². The third-order valence-corrected chi connectivity index (χ3v) is 4.64.